The van der Waals surface area contributed by atoms with Crippen LogP contribution in [0.2, 0.25) is 0 Å². The first-order valence-electron chi connectivity index (χ1n) is 9.28. The molecule has 2 atom stereocenters. The average molecular weight is 385 g/mol. The number of carboxylic acids is 1. The first kappa shape index (κ1) is 19.6. The van der Waals surface area contributed by atoms with Crippen molar-refractivity contribution in [2.45, 2.75) is 32.6 Å². The number of aliphatic carboxylic acids is 1. The van der Waals surface area contributed by atoms with Gasteiger partial charge in [-0.1, -0.05) is 25.0 Å². The molecule has 1 aliphatic carbocycles. The Morgan fingerprint density at radius 3 is 2.71 bits per heavy atom. The second-order valence-electron chi connectivity index (χ2n) is 7.17. The molecule has 0 radical (unpaired) electrons. The largest absolute Gasteiger partial charge is 0.505 e. The number of rotatable bonds is 5. The number of hydrogen-bond donors (Lipinski definition) is 3. The molecule has 1 fully saturated rings. The van der Waals surface area contributed by atoms with Gasteiger partial charge in [-0.25, -0.2) is 0 Å². The number of amides is 1. The third-order valence-electron chi connectivity index (χ3n) is 5.12. The van der Waals surface area contributed by atoms with Crippen molar-refractivity contribution in [2.75, 3.05) is 6.54 Å². The lowest BCUT2D eigenvalue weighted by Crippen LogP contribution is -2.38. The minimum absolute atomic E-state index is 0.167. The van der Waals surface area contributed by atoms with Crippen molar-refractivity contribution >= 4 is 11.9 Å². The van der Waals surface area contributed by atoms with Crippen molar-refractivity contribution in [3.63, 3.8) is 0 Å². The van der Waals surface area contributed by atoms with Crippen LogP contribution in [0.3, 0.4) is 0 Å². The van der Waals surface area contributed by atoms with Crippen molar-refractivity contribution in [3.8, 4) is 11.4 Å². The summed E-state index contributed by atoms with van der Waals surface area (Å²) in [5.41, 5.74) is 0.571. The lowest BCUT2D eigenvalue weighted by Gasteiger charge is -2.28. The van der Waals surface area contributed by atoms with Gasteiger partial charge in [-0.15, -0.1) is 0 Å². The van der Waals surface area contributed by atoms with Crippen molar-refractivity contribution in [3.05, 3.63) is 51.9 Å². The van der Waals surface area contributed by atoms with Crippen LogP contribution in [0, 0.1) is 18.8 Å². The third kappa shape index (κ3) is 4.21. The van der Waals surface area contributed by atoms with E-state index in [-0.39, 0.29) is 18.2 Å². The minimum atomic E-state index is -0.854. The Morgan fingerprint density at radius 1 is 1.25 bits per heavy atom. The molecule has 8 nitrogen and oxygen atoms in total. The SMILES string of the molecule is Cc1cccc(-n2nc(C(=O)NC[C@@H]3CCCC[C@@H]3C(=O)O)c(O)cc2=O)c1. The number of nitrogens with one attached hydrogen (secondary N) is 1. The van der Waals surface area contributed by atoms with Crippen LogP contribution in [0.15, 0.2) is 35.1 Å². The van der Waals surface area contributed by atoms with Crippen LogP contribution < -0.4 is 10.9 Å². The highest BCUT2D eigenvalue weighted by atomic mass is 16.4. The molecule has 0 spiro atoms. The van der Waals surface area contributed by atoms with Crippen molar-refractivity contribution in [2.24, 2.45) is 11.8 Å². The summed E-state index contributed by atoms with van der Waals surface area (Å²) in [6, 6.07) is 8.00. The summed E-state index contributed by atoms with van der Waals surface area (Å²) in [5.74, 6) is -2.66. The van der Waals surface area contributed by atoms with Gasteiger partial charge < -0.3 is 15.5 Å². The molecular formula is C20H23N3O5. The molecule has 0 saturated heterocycles. The molecule has 1 aromatic heterocycles. The van der Waals surface area contributed by atoms with Gasteiger partial charge >= 0.3 is 5.97 Å². The van der Waals surface area contributed by atoms with Crippen LogP contribution in [0.25, 0.3) is 5.69 Å². The lowest BCUT2D eigenvalue weighted by molar-refractivity contribution is -0.144. The second-order valence-corrected chi connectivity index (χ2v) is 7.17. The van der Waals surface area contributed by atoms with Crippen molar-refractivity contribution in [1.29, 1.82) is 0 Å². The first-order valence-corrected chi connectivity index (χ1v) is 9.28. The van der Waals surface area contributed by atoms with Crippen LogP contribution in [0.4, 0.5) is 0 Å². The molecule has 3 N–H and O–H groups in total. The van der Waals surface area contributed by atoms with E-state index in [2.05, 4.69) is 10.4 Å². The fourth-order valence-electron chi connectivity index (χ4n) is 3.64. The summed E-state index contributed by atoms with van der Waals surface area (Å²) in [4.78, 5) is 36.1. The van der Waals surface area contributed by atoms with Gasteiger partial charge in [-0.2, -0.15) is 9.78 Å². The summed E-state index contributed by atoms with van der Waals surface area (Å²) in [6.45, 7) is 2.05. The number of nitrogens with zero attached hydrogens (tertiary/aromatic N) is 2. The quantitative estimate of drug-likeness (QED) is 0.722. The predicted molar refractivity (Wildman–Crippen MR) is 102 cm³/mol. The van der Waals surface area contributed by atoms with Gasteiger partial charge in [0.2, 0.25) is 0 Å². The molecule has 1 aromatic carbocycles. The molecule has 1 heterocycles. The third-order valence-corrected chi connectivity index (χ3v) is 5.12. The van der Waals surface area contributed by atoms with Crippen molar-refractivity contribution < 1.29 is 19.8 Å². The van der Waals surface area contributed by atoms with E-state index in [9.17, 15) is 24.6 Å². The molecule has 148 valence electrons. The van der Waals surface area contributed by atoms with E-state index in [0.29, 0.717) is 12.1 Å². The highest BCUT2D eigenvalue weighted by Gasteiger charge is 2.31. The maximum Gasteiger partial charge on any atom is 0.306 e. The molecule has 1 aliphatic rings. The van der Waals surface area contributed by atoms with E-state index < -0.39 is 29.1 Å². The number of carbonyl (C=O) groups is 2. The Morgan fingerprint density at radius 2 is 2.00 bits per heavy atom. The Balaban J connectivity index is 1.81. The highest BCUT2D eigenvalue weighted by Crippen LogP contribution is 2.29. The van der Waals surface area contributed by atoms with E-state index >= 15 is 0 Å². The number of carbonyl (C=O) groups excluding carboxylic acids is 1. The van der Waals surface area contributed by atoms with Gasteiger partial charge in [0, 0.05) is 12.6 Å². The zero-order valence-electron chi connectivity index (χ0n) is 15.6. The number of benzene rings is 1. The fourth-order valence-corrected chi connectivity index (χ4v) is 3.64. The summed E-state index contributed by atoms with van der Waals surface area (Å²) < 4.78 is 1.06. The topological polar surface area (TPSA) is 122 Å². The van der Waals surface area contributed by atoms with Crippen LogP contribution in [-0.2, 0) is 4.79 Å². The van der Waals surface area contributed by atoms with Gasteiger partial charge in [0.1, 0.15) is 0 Å². The standard InChI is InChI=1S/C20H23N3O5/c1-12-5-4-7-14(9-12)23-17(25)10-16(24)18(22-23)19(26)21-11-13-6-2-3-8-15(13)20(27)28/h4-5,7,9-10,13,15,24H,2-3,6,8,11H2,1H3,(H,21,26)(H,27,28)/t13-,15-/m0/s1. The monoisotopic (exact) mass is 385 g/mol. The fraction of sp³-hybridized carbons (Fsp3) is 0.400. The maximum absolute atomic E-state index is 12.6. The molecule has 28 heavy (non-hydrogen) atoms. The van der Waals surface area contributed by atoms with Gasteiger partial charge in [0.05, 0.1) is 11.6 Å². The van der Waals surface area contributed by atoms with Gasteiger partial charge in [-0.3, -0.25) is 14.4 Å². The van der Waals surface area contributed by atoms with Crippen LogP contribution in [0.5, 0.6) is 5.75 Å². The summed E-state index contributed by atoms with van der Waals surface area (Å²) in [5, 5.41) is 26.1. The van der Waals surface area contributed by atoms with Crippen LogP contribution >= 0.6 is 0 Å². The average Bonchev–Trinajstić information content (AvgIpc) is 2.66. The molecule has 0 aliphatic heterocycles. The van der Waals surface area contributed by atoms with Gasteiger partial charge in [-0.05, 0) is 43.4 Å². The van der Waals surface area contributed by atoms with Crippen LogP contribution in [0.1, 0.15) is 41.7 Å². The Bertz CT molecular complexity index is 953. The van der Waals surface area contributed by atoms with Crippen LogP contribution in [-0.4, -0.2) is 38.4 Å². The second kappa shape index (κ2) is 8.24. The highest BCUT2D eigenvalue weighted by molar-refractivity contribution is 5.94. The first-order chi connectivity index (χ1) is 13.4. The van der Waals surface area contributed by atoms with E-state index in [1.165, 1.54) is 0 Å². The maximum atomic E-state index is 12.6. The van der Waals surface area contributed by atoms with Gasteiger partial charge in [0.15, 0.2) is 11.4 Å². The number of carboxylic acid groups (broad SMARTS) is 1. The van der Waals surface area contributed by atoms with E-state index in [1.807, 2.05) is 13.0 Å². The summed E-state index contributed by atoms with van der Waals surface area (Å²) >= 11 is 0. The smallest absolute Gasteiger partial charge is 0.306 e. The Hall–Kier alpha value is -3.16. The summed E-state index contributed by atoms with van der Waals surface area (Å²) in [7, 11) is 0. The Kier molecular flexibility index (Phi) is 5.77. The lowest BCUT2D eigenvalue weighted by atomic mass is 9.79. The summed E-state index contributed by atoms with van der Waals surface area (Å²) in [6.07, 6.45) is 3.11. The number of aromatic hydroxyl groups is 1. The van der Waals surface area contributed by atoms with E-state index in [1.54, 1.807) is 18.2 Å². The molecule has 1 saturated carbocycles. The number of hydrogen-bond acceptors (Lipinski definition) is 5. The molecule has 2 aromatic rings. The van der Waals surface area contributed by atoms with E-state index in [0.717, 1.165) is 35.6 Å². The normalized spacial score (nSPS) is 19.2. The zero-order valence-corrected chi connectivity index (χ0v) is 15.6. The minimum Gasteiger partial charge on any atom is -0.505 e. The van der Waals surface area contributed by atoms with Crippen molar-refractivity contribution in [1.82, 2.24) is 15.1 Å². The molecular weight excluding hydrogens is 362 g/mol. The molecule has 1 amide bonds. The molecule has 8 heteroatoms. The molecule has 0 unspecified atom stereocenters. The Labute approximate surface area is 161 Å². The van der Waals surface area contributed by atoms with E-state index in [4.69, 9.17) is 0 Å². The zero-order chi connectivity index (χ0) is 20.3. The number of aromatic nitrogens is 2. The predicted octanol–water partition coefficient (Wildman–Crippen LogP) is 1.87. The van der Waals surface area contributed by atoms with Gasteiger partial charge in [0.25, 0.3) is 11.5 Å². The molecule has 0 bridgehead atoms. The number of aryl methyl sites for hydroxylation is 1. The molecule has 3 rings (SSSR count).